The zero-order chi connectivity index (χ0) is 70.3. The molecule has 8 aromatic carbocycles. The number of nitrogens with zero attached hydrogens (tertiary/aromatic N) is 6. The molecule has 8 heteroatoms. The molecule has 3 heterocycles. The fourth-order valence-corrected chi connectivity index (χ4v) is 13.2. The van der Waals surface area contributed by atoms with Crippen LogP contribution in [0.15, 0.2) is 146 Å². The number of fused-ring (bicyclic) bond motifs is 2. The SMILES string of the molecule is Cc1cc(-c2cc(-c3cc(C)cc(-c4cccc5c4nc(-c4cc(C(C)(C)C)cc(C(C)(C)C)c4O)n5-c4cc(C(C)(C)C)cc(C(C)(C)C)c4)c3)ncn2)cc(-c2cccc3c2nc(-c2cc(C(C)(C)C)cc(C(C)(C)C)c2O)n3-c2cc(C(C)(C)C)cc(C(C)(C)C)c2)c1. The van der Waals surface area contributed by atoms with Crippen LogP contribution in [0.2, 0.25) is 0 Å². The molecule has 0 spiro atoms. The molecule has 0 aliphatic heterocycles. The highest BCUT2D eigenvalue weighted by atomic mass is 16.3. The van der Waals surface area contributed by atoms with Gasteiger partial charge in [0.25, 0.3) is 0 Å². The monoisotopic (exact) mass is 1280 g/mol. The van der Waals surface area contributed by atoms with E-state index >= 15 is 0 Å². The van der Waals surface area contributed by atoms with Crippen LogP contribution in [0.5, 0.6) is 11.5 Å². The largest absolute Gasteiger partial charge is 0.507 e. The van der Waals surface area contributed by atoms with Crippen molar-refractivity contribution in [3.63, 3.8) is 0 Å². The Bertz CT molecular complexity index is 4500. The number of rotatable bonds is 8. The molecule has 0 bridgehead atoms. The lowest BCUT2D eigenvalue weighted by Gasteiger charge is -2.28. The number of hydrogen-bond donors (Lipinski definition) is 2. The van der Waals surface area contributed by atoms with Gasteiger partial charge in [-0.15, -0.1) is 0 Å². The first-order valence-electron chi connectivity index (χ1n) is 34.4. The van der Waals surface area contributed by atoms with Crippen LogP contribution in [0.1, 0.15) is 222 Å². The molecular weight excluding hydrogens is 1170 g/mol. The minimum absolute atomic E-state index is 0.142. The Morgan fingerprint density at radius 3 is 0.906 bits per heavy atom. The van der Waals surface area contributed by atoms with E-state index in [1.807, 2.05) is 0 Å². The van der Waals surface area contributed by atoms with Gasteiger partial charge in [-0.2, -0.15) is 0 Å². The summed E-state index contributed by atoms with van der Waals surface area (Å²) in [5.41, 5.74) is 23.9. The van der Waals surface area contributed by atoms with E-state index in [1.54, 1.807) is 6.33 Å². The van der Waals surface area contributed by atoms with E-state index in [0.717, 1.165) is 112 Å². The van der Waals surface area contributed by atoms with Crippen molar-refractivity contribution in [3.05, 3.63) is 201 Å². The van der Waals surface area contributed by atoms with Crippen LogP contribution in [-0.4, -0.2) is 39.3 Å². The number of aromatic hydroxyl groups is 2. The quantitative estimate of drug-likeness (QED) is 0.157. The molecule has 0 saturated heterocycles. The summed E-state index contributed by atoms with van der Waals surface area (Å²) in [4.78, 5) is 21.5. The summed E-state index contributed by atoms with van der Waals surface area (Å²) in [6.07, 6.45) is 1.68. The molecule has 11 rings (SSSR count). The summed E-state index contributed by atoms with van der Waals surface area (Å²) in [6.45, 7) is 58.0. The lowest BCUT2D eigenvalue weighted by molar-refractivity contribution is 0.445. The molecule has 3 aromatic heterocycles. The maximum absolute atomic E-state index is 12.7. The highest BCUT2D eigenvalue weighted by molar-refractivity contribution is 5.99. The molecule has 8 nitrogen and oxygen atoms in total. The van der Waals surface area contributed by atoms with Crippen molar-refractivity contribution in [3.8, 4) is 90.4 Å². The molecule has 0 radical (unpaired) electrons. The lowest BCUT2D eigenvalue weighted by Crippen LogP contribution is -2.18. The van der Waals surface area contributed by atoms with Crippen molar-refractivity contribution in [2.45, 2.75) is 223 Å². The van der Waals surface area contributed by atoms with Gasteiger partial charge in [-0.05, 0) is 192 Å². The van der Waals surface area contributed by atoms with Crippen molar-refractivity contribution >= 4 is 22.1 Å². The highest BCUT2D eigenvalue weighted by Gasteiger charge is 2.33. The van der Waals surface area contributed by atoms with E-state index in [4.69, 9.17) is 19.9 Å². The van der Waals surface area contributed by atoms with Crippen LogP contribution in [0.4, 0.5) is 0 Å². The molecule has 0 unspecified atom stereocenters. The molecule has 11 aromatic rings. The third kappa shape index (κ3) is 13.4. The van der Waals surface area contributed by atoms with E-state index in [-0.39, 0.29) is 54.8 Å². The molecule has 0 amide bonds. The molecule has 498 valence electrons. The van der Waals surface area contributed by atoms with Crippen molar-refractivity contribution in [2.75, 3.05) is 0 Å². The maximum Gasteiger partial charge on any atom is 0.149 e. The molecule has 2 N–H and O–H groups in total. The van der Waals surface area contributed by atoms with Crippen LogP contribution in [-0.2, 0) is 43.3 Å². The highest BCUT2D eigenvalue weighted by Crippen LogP contribution is 2.49. The summed E-state index contributed by atoms with van der Waals surface area (Å²) in [5, 5.41) is 25.4. The van der Waals surface area contributed by atoms with E-state index in [2.05, 4.69) is 329 Å². The van der Waals surface area contributed by atoms with Crippen molar-refractivity contribution in [1.29, 1.82) is 0 Å². The minimum Gasteiger partial charge on any atom is -0.507 e. The lowest BCUT2D eigenvalue weighted by atomic mass is 9.78. The number of phenols is 2. The van der Waals surface area contributed by atoms with Crippen LogP contribution >= 0.6 is 0 Å². The Morgan fingerprint density at radius 1 is 0.302 bits per heavy atom. The maximum atomic E-state index is 12.7. The Hall–Kier alpha value is -8.62. The second-order valence-corrected chi connectivity index (χ2v) is 35.7. The Kier molecular flexibility index (Phi) is 16.9. The standard InChI is InChI=1S/C88H104N6O2/c1-51-33-53(65-29-27-31-73-75(65)91-79(67-45-61(85(15,16)17)47-69(77(67)95)87(21,22)23)93(73)63-41-57(81(3,4)5)39-58(42-63)82(6,7)8)37-55(35-51)71-49-72(90-50-89-71)56-36-52(2)34-54(38-56)66-30-28-32-74-76(66)92-80(68-46-62(86(18,19)20)48-70(78(68)96)88(24,25)26)94(74)64-43-59(83(9,10)11)40-60(44-64)84(12,13)14/h27-50,95-96H,1-26H3. The normalized spacial score (nSPS) is 13.2. The topological polar surface area (TPSA) is 102 Å². The average molecular weight is 1280 g/mol. The van der Waals surface area contributed by atoms with Gasteiger partial charge in [-0.1, -0.05) is 227 Å². The molecule has 0 saturated carbocycles. The average Bonchev–Trinajstić information content (AvgIpc) is 1.55. The van der Waals surface area contributed by atoms with Crippen molar-refractivity contribution in [2.24, 2.45) is 0 Å². The molecule has 96 heavy (non-hydrogen) atoms. The number of aromatic nitrogens is 6. The second kappa shape index (κ2) is 23.6. The van der Waals surface area contributed by atoms with Gasteiger partial charge in [0.15, 0.2) is 0 Å². The third-order valence-electron chi connectivity index (χ3n) is 19.3. The predicted molar refractivity (Wildman–Crippen MR) is 406 cm³/mol. The van der Waals surface area contributed by atoms with Gasteiger partial charge < -0.3 is 10.2 Å². The van der Waals surface area contributed by atoms with Crippen molar-refractivity contribution < 1.29 is 10.2 Å². The molecule has 0 fully saturated rings. The smallest absolute Gasteiger partial charge is 0.149 e. The van der Waals surface area contributed by atoms with Crippen molar-refractivity contribution in [1.82, 2.24) is 29.1 Å². The van der Waals surface area contributed by atoms with Crippen LogP contribution in [0.25, 0.3) is 101 Å². The van der Waals surface area contributed by atoms with Gasteiger partial charge in [0, 0.05) is 44.8 Å². The molecule has 0 atom stereocenters. The number of phenolic OH excluding ortho intramolecular Hbond substituents is 2. The van der Waals surface area contributed by atoms with E-state index in [1.165, 1.54) is 22.3 Å². The van der Waals surface area contributed by atoms with Gasteiger partial charge in [-0.25, -0.2) is 19.9 Å². The zero-order valence-corrected chi connectivity index (χ0v) is 62.4. The Morgan fingerprint density at radius 2 is 0.604 bits per heavy atom. The fourth-order valence-electron chi connectivity index (χ4n) is 13.2. The van der Waals surface area contributed by atoms with Gasteiger partial charge in [0.05, 0.1) is 44.6 Å². The van der Waals surface area contributed by atoms with E-state index in [0.29, 0.717) is 22.8 Å². The van der Waals surface area contributed by atoms with Gasteiger partial charge >= 0.3 is 0 Å². The first kappa shape index (κ1) is 68.8. The predicted octanol–water partition coefficient (Wildman–Crippen LogP) is 23.6. The number of benzene rings is 8. The molecular formula is C88H104N6O2. The number of hydrogen-bond acceptors (Lipinski definition) is 6. The summed E-state index contributed by atoms with van der Waals surface area (Å²) >= 11 is 0. The first-order valence-corrected chi connectivity index (χ1v) is 34.4. The Labute approximate surface area is 573 Å². The van der Waals surface area contributed by atoms with Crippen LogP contribution < -0.4 is 0 Å². The Balaban J connectivity index is 1.08. The fraction of sp³-hybridized carbons (Fsp3) is 0.386. The summed E-state index contributed by atoms with van der Waals surface area (Å²) in [6, 6.07) is 51.1. The first-order chi connectivity index (χ1) is 44.2. The molecule has 0 aliphatic carbocycles. The van der Waals surface area contributed by atoms with E-state index < -0.39 is 0 Å². The summed E-state index contributed by atoms with van der Waals surface area (Å²) < 4.78 is 4.58. The number of aryl methyl sites for hydroxylation is 2. The van der Waals surface area contributed by atoms with Crippen LogP contribution in [0, 0.1) is 13.8 Å². The van der Waals surface area contributed by atoms with Gasteiger partial charge in [0.1, 0.15) is 29.5 Å². The third-order valence-corrected chi connectivity index (χ3v) is 19.3. The van der Waals surface area contributed by atoms with E-state index in [9.17, 15) is 10.2 Å². The second-order valence-electron chi connectivity index (χ2n) is 35.7. The number of para-hydroxylation sites is 2. The summed E-state index contributed by atoms with van der Waals surface area (Å²) in [5.74, 6) is 1.87. The molecule has 0 aliphatic rings. The minimum atomic E-state index is -0.348. The van der Waals surface area contributed by atoms with Gasteiger partial charge in [-0.3, -0.25) is 9.13 Å². The number of imidazole rings is 2. The summed E-state index contributed by atoms with van der Waals surface area (Å²) in [7, 11) is 0. The zero-order valence-electron chi connectivity index (χ0n) is 62.4. The van der Waals surface area contributed by atoms with Crippen LogP contribution in [0.3, 0.4) is 0 Å². The van der Waals surface area contributed by atoms with Gasteiger partial charge in [0.2, 0.25) is 0 Å².